The van der Waals surface area contributed by atoms with Crippen LogP contribution in [-0.4, -0.2) is 26.7 Å². The Balaban J connectivity index is 2.10. The maximum atomic E-state index is 12.1. The van der Waals surface area contributed by atoms with Crippen LogP contribution >= 0.6 is 0 Å². The molecule has 5 nitrogen and oxygen atoms in total. The van der Waals surface area contributed by atoms with E-state index in [1.165, 1.54) is 20.5 Å². The van der Waals surface area contributed by atoms with Crippen LogP contribution in [-0.2, 0) is 20.9 Å². The number of esters is 1. The van der Waals surface area contributed by atoms with Crippen LogP contribution in [0, 0.1) is 5.92 Å². The summed E-state index contributed by atoms with van der Waals surface area (Å²) >= 11 is 0. The number of anilines is 1. The van der Waals surface area contributed by atoms with E-state index in [-0.39, 0.29) is 0 Å². The van der Waals surface area contributed by atoms with Crippen molar-refractivity contribution < 1.29 is 19.0 Å². The molecule has 0 saturated heterocycles. The Morgan fingerprint density at radius 3 is 2.41 bits per heavy atom. The molecule has 0 atom stereocenters. The number of hydrogen-bond acceptors (Lipinski definition) is 5. The third-order valence-corrected chi connectivity index (χ3v) is 3.91. The number of carbonyl (C=O) groups is 1. The summed E-state index contributed by atoms with van der Waals surface area (Å²) in [5.74, 6) is 0.890. The molecule has 0 unspecified atom stereocenters. The van der Waals surface area contributed by atoms with E-state index in [1.807, 2.05) is 48.5 Å². The summed E-state index contributed by atoms with van der Waals surface area (Å²) in [6.45, 7) is 5.59. The summed E-state index contributed by atoms with van der Waals surface area (Å²) in [5, 5.41) is 3.37. The van der Waals surface area contributed by atoms with Gasteiger partial charge in [0.25, 0.3) is 0 Å². The van der Waals surface area contributed by atoms with Gasteiger partial charge in [0.15, 0.2) is 0 Å². The number of ether oxygens (including phenoxy) is 3. The molecule has 5 heteroatoms. The highest BCUT2D eigenvalue weighted by molar-refractivity contribution is 6.16. The van der Waals surface area contributed by atoms with Gasteiger partial charge in [-0.25, -0.2) is 4.79 Å². The number of hydrogen-bond donors (Lipinski definition) is 1. The van der Waals surface area contributed by atoms with Crippen LogP contribution in [0.25, 0.3) is 5.57 Å². The van der Waals surface area contributed by atoms with E-state index in [0.29, 0.717) is 18.1 Å². The molecular formula is C22H27NO4. The lowest BCUT2D eigenvalue weighted by molar-refractivity contribution is -0.133. The topological polar surface area (TPSA) is 56.8 Å². The fraction of sp³-hybridized carbons (Fsp3) is 0.318. The van der Waals surface area contributed by atoms with Crippen LogP contribution < -0.4 is 10.1 Å². The summed E-state index contributed by atoms with van der Waals surface area (Å²) in [6.07, 6.45) is 1.39. The summed E-state index contributed by atoms with van der Waals surface area (Å²) in [7, 11) is 2.84. The van der Waals surface area contributed by atoms with Crippen LogP contribution in [0.5, 0.6) is 5.75 Å². The SMILES string of the molecule is CO/C=C(/C(=O)OC)c1ccccc1COc1ccc(NCC(C)C)cc1. The molecular weight excluding hydrogens is 342 g/mol. The fourth-order valence-electron chi connectivity index (χ4n) is 2.51. The van der Waals surface area contributed by atoms with Crippen molar-refractivity contribution in [3.8, 4) is 5.75 Å². The van der Waals surface area contributed by atoms with E-state index in [1.54, 1.807) is 0 Å². The predicted molar refractivity (Wildman–Crippen MR) is 108 cm³/mol. The van der Waals surface area contributed by atoms with Crippen LogP contribution in [0.2, 0.25) is 0 Å². The second-order valence-corrected chi connectivity index (χ2v) is 6.50. The number of rotatable bonds is 9. The Hall–Kier alpha value is -2.95. The highest BCUT2D eigenvalue weighted by atomic mass is 16.5. The summed E-state index contributed by atoms with van der Waals surface area (Å²) in [4.78, 5) is 12.1. The maximum Gasteiger partial charge on any atom is 0.341 e. The smallest absolute Gasteiger partial charge is 0.341 e. The van der Waals surface area contributed by atoms with Gasteiger partial charge in [-0.1, -0.05) is 38.1 Å². The standard InChI is InChI=1S/C22H27NO4/c1-16(2)13-23-18-9-11-19(12-10-18)27-14-17-7-5-6-8-20(17)21(15-25-3)22(24)26-4/h5-12,15-16,23H,13-14H2,1-4H3/b21-15+. The lowest BCUT2D eigenvalue weighted by Gasteiger charge is -2.13. The average molecular weight is 369 g/mol. The minimum absolute atomic E-state index is 0.326. The van der Waals surface area contributed by atoms with Crippen LogP contribution in [0.1, 0.15) is 25.0 Å². The van der Waals surface area contributed by atoms with Crippen LogP contribution in [0.15, 0.2) is 54.8 Å². The molecule has 27 heavy (non-hydrogen) atoms. The van der Waals surface area contributed by atoms with E-state index in [0.717, 1.165) is 29.1 Å². The van der Waals surface area contributed by atoms with Crippen molar-refractivity contribution in [2.24, 2.45) is 5.92 Å². The molecule has 0 aliphatic rings. The molecule has 0 aliphatic carbocycles. The van der Waals surface area contributed by atoms with Gasteiger partial charge in [0.2, 0.25) is 0 Å². The van der Waals surface area contributed by atoms with Gasteiger partial charge in [-0.15, -0.1) is 0 Å². The first-order chi connectivity index (χ1) is 13.0. The van der Waals surface area contributed by atoms with E-state index >= 15 is 0 Å². The molecule has 0 fully saturated rings. The summed E-state index contributed by atoms with van der Waals surface area (Å²) in [6, 6.07) is 15.4. The number of benzene rings is 2. The van der Waals surface area contributed by atoms with E-state index in [2.05, 4.69) is 19.2 Å². The summed E-state index contributed by atoms with van der Waals surface area (Å²) < 4.78 is 15.8. The minimum Gasteiger partial charge on any atom is -0.503 e. The third kappa shape index (κ3) is 6.06. The highest BCUT2D eigenvalue weighted by Gasteiger charge is 2.16. The second-order valence-electron chi connectivity index (χ2n) is 6.50. The van der Waals surface area contributed by atoms with Gasteiger partial charge in [0.05, 0.1) is 20.5 Å². The largest absolute Gasteiger partial charge is 0.503 e. The van der Waals surface area contributed by atoms with Crippen molar-refractivity contribution in [3.05, 3.63) is 65.9 Å². The fourth-order valence-corrected chi connectivity index (χ4v) is 2.51. The van der Waals surface area contributed by atoms with Gasteiger partial charge >= 0.3 is 5.97 Å². The van der Waals surface area contributed by atoms with Crippen LogP contribution in [0.3, 0.4) is 0 Å². The zero-order chi connectivity index (χ0) is 19.6. The Bertz CT molecular complexity index is 766. The molecule has 0 heterocycles. The molecule has 0 amide bonds. The maximum absolute atomic E-state index is 12.1. The van der Waals surface area contributed by atoms with E-state index in [4.69, 9.17) is 14.2 Å². The van der Waals surface area contributed by atoms with E-state index in [9.17, 15) is 4.79 Å². The van der Waals surface area contributed by atoms with Gasteiger partial charge in [0, 0.05) is 12.2 Å². The first-order valence-electron chi connectivity index (χ1n) is 8.91. The Labute approximate surface area is 161 Å². The van der Waals surface area contributed by atoms with Gasteiger partial charge < -0.3 is 19.5 Å². The third-order valence-electron chi connectivity index (χ3n) is 3.91. The van der Waals surface area contributed by atoms with Crippen molar-refractivity contribution in [2.45, 2.75) is 20.5 Å². The van der Waals surface area contributed by atoms with Crippen molar-refractivity contribution >= 4 is 17.2 Å². The monoisotopic (exact) mass is 369 g/mol. The second kappa shape index (κ2) is 10.3. The predicted octanol–water partition coefficient (Wildman–Crippen LogP) is 4.49. The van der Waals surface area contributed by atoms with Gasteiger partial charge in [-0.2, -0.15) is 0 Å². The lowest BCUT2D eigenvalue weighted by atomic mass is 10.0. The molecule has 2 aromatic rings. The zero-order valence-electron chi connectivity index (χ0n) is 16.3. The molecule has 2 aromatic carbocycles. The molecule has 0 aliphatic heterocycles. The van der Waals surface area contributed by atoms with Gasteiger partial charge in [-0.05, 0) is 41.3 Å². The van der Waals surface area contributed by atoms with Crippen molar-refractivity contribution in [3.63, 3.8) is 0 Å². The molecule has 1 N–H and O–H groups in total. The molecule has 0 spiro atoms. The van der Waals surface area contributed by atoms with Gasteiger partial charge in [-0.3, -0.25) is 0 Å². The van der Waals surface area contributed by atoms with Crippen molar-refractivity contribution in [1.82, 2.24) is 0 Å². The van der Waals surface area contributed by atoms with E-state index < -0.39 is 5.97 Å². The van der Waals surface area contributed by atoms with Gasteiger partial charge in [0.1, 0.15) is 17.9 Å². The molecule has 144 valence electrons. The van der Waals surface area contributed by atoms with Crippen molar-refractivity contribution in [2.75, 3.05) is 26.1 Å². The highest BCUT2D eigenvalue weighted by Crippen LogP contribution is 2.23. The van der Waals surface area contributed by atoms with Crippen LogP contribution in [0.4, 0.5) is 5.69 Å². The first-order valence-corrected chi connectivity index (χ1v) is 8.91. The number of methoxy groups -OCH3 is 2. The molecule has 2 rings (SSSR count). The Morgan fingerprint density at radius 1 is 1.07 bits per heavy atom. The number of carbonyl (C=O) groups excluding carboxylic acids is 1. The molecule has 0 radical (unpaired) electrons. The Kier molecular flexibility index (Phi) is 7.74. The number of nitrogens with one attached hydrogen (secondary N) is 1. The molecule has 0 saturated carbocycles. The zero-order valence-corrected chi connectivity index (χ0v) is 16.3. The normalized spacial score (nSPS) is 11.2. The molecule has 0 aromatic heterocycles. The van der Waals surface area contributed by atoms with Crippen molar-refractivity contribution in [1.29, 1.82) is 0 Å². The minimum atomic E-state index is -0.454. The average Bonchev–Trinajstić information content (AvgIpc) is 2.69. The molecule has 0 bridgehead atoms. The summed E-state index contributed by atoms with van der Waals surface area (Å²) in [5.41, 5.74) is 3.01. The Morgan fingerprint density at radius 2 is 1.78 bits per heavy atom. The quantitative estimate of drug-likeness (QED) is 0.401. The lowest BCUT2D eigenvalue weighted by Crippen LogP contribution is -2.08. The first kappa shape index (κ1) is 20.4.